The maximum Gasteiger partial charge on any atom is 0.417 e. The third kappa shape index (κ3) is 4.22. The van der Waals surface area contributed by atoms with Crippen LogP contribution in [0.1, 0.15) is 16.1 Å². The number of rotatable bonds is 5. The van der Waals surface area contributed by atoms with Gasteiger partial charge in [0.15, 0.2) is 11.5 Å². The number of nitrogens with zero attached hydrogens (tertiary/aromatic N) is 4. The van der Waals surface area contributed by atoms with E-state index in [0.29, 0.717) is 6.20 Å². The number of carbonyl (C=O) groups is 1. The van der Waals surface area contributed by atoms with Crippen LogP contribution in [-0.4, -0.2) is 44.9 Å². The van der Waals surface area contributed by atoms with Crippen molar-refractivity contribution in [1.29, 1.82) is 0 Å². The largest absolute Gasteiger partial charge is 0.417 e. The Labute approximate surface area is 131 Å². The van der Waals surface area contributed by atoms with Crippen LogP contribution in [0, 0.1) is 0 Å². The van der Waals surface area contributed by atoms with Crippen molar-refractivity contribution in [2.24, 2.45) is 5.73 Å². The lowest BCUT2D eigenvalue weighted by molar-refractivity contribution is -0.137. The molecule has 2 aromatic heterocycles. The molecule has 0 aliphatic rings. The first-order chi connectivity index (χ1) is 11.1. The molecule has 24 heavy (non-hydrogen) atoms. The Morgan fingerprint density at radius 2 is 1.96 bits per heavy atom. The molecule has 1 amide bonds. The smallest absolute Gasteiger partial charge is 0.344 e. The summed E-state index contributed by atoms with van der Waals surface area (Å²) in [4.78, 5) is 15.2. The molecule has 0 bridgehead atoms. The lowest BCUT2D eigenvalue weighted by Gasteiger charge is -2.13. The molecule has 0 aliphatic carbocycles. The van der Waals surface area contributed by atoms with Crippen molar-refractivity contribution in [1.82, 2.24) is 25.3 Å². The van der Waals surface area contributed by atoms with Gasteiger partial charge in [0.25, 0.3) is 11.8 Å². The van der Waals surface area contributed by atoms with E-state index >= 15 is 0 Å². The first kappa shape index (κ1) is 17.7. The number of amides is 1. The van der Waals surface area contributed by atoms with Crippen molar-refractivity contribution in [2.45, 2.75) is 12.1 Å². The number of pyridine rings is 1. The first-order valence-electron chi connectivity index (χ1n) is 6.44. The summed E-state index contributed by atoms with van der Waals surface area (Å²) >= 11 is 0. The van der Waals surface area contributed by atoms with Crippen molar-refractivity contribution in [3.05, 3.63) is 35.8 Å². The molecule has 3 N–H and O–H groups in total. The highest BCUT2D eigenvalue weighted by atomic mass is 19.4. The van der Waals surface area contributed by atoms with Crippen molar-refractivity contribution in [3.63, 3.8) is 0 Å². The van der Waals surface area contributed by atoms with E-state index in [-0.39, 0.29) is 11.5 Å². The van der Waals surface area contributed by atoms with E-state index in [9.17, 15) is 26.7 Å². The quantitative estimate of drug-likeness (QED) is 0.784. The second-order valence-electron chi connectivity index (χ2n) is 4.69. The second kappa shape index (κ2) is 6.47. The van der Waals surface area contributed by atoms with Crippen molar-refractivity contribution in [3.8, 4) is 5.82 Å². The van der Waals surface area contributed by atoms with Crippen LogP contribution in [0.25, 0.3) is 5.82 Å². The lowest BCUT2D eigenvalue weighted by Crippen LogP contribution is -2.41. The number of carbonyl (C=O) groups excluding carboxylic acids is 1. The Hall–Kier alpha value is -2.63. The molecule has 12 heteroatoms. The zero-order valence-electron chi connectivity index (χ0n) is 11.9. The Morgan fingerprint density at radius 1 is 1.25 bits per heavy atom. The number of hydrogen-bond donors (Lipinski definition) is 2. The van der Waals surface area contributed by atoms with Gasteiger partial charge in [-0.25, -0.2) is 18.4 Å². The summed E-state index contributed by atoms with van der Waals surface area (Å²) in [6.07, 6.45) is -2.89. The van der Waals surface area contributed by atoms with Crippen LogP contribution in [0.3, 0.4) is 0 Å². The zero-order chi connectivity index (χ0) is 18.0. The molecule has 0 aliphatic heterocycles. The van der Waals surface area contributed by atoms with E-state index < -0.39 is 36.7 Å². The van der Waals surface area contributed by atoms with E-state index in [2.05, 4.69) is 15.3 Å². The minimum atomic E-state index is -4.53. The number of alkyl halides is 5. The number of halogens is 5. The monoisotopic (exact) mass is 350 g/mol. The van der Waals surface area contributed by atoms with E-state index in [4.69, 9.17) is 5.73 Å². The van der Waals surface area contributed by atoms with Gasteiger partial charge in [0.2, 0.25) is 0 Å². The van der Waals surface area contributed by atoms with E-state index in [0.717, 1.165) is 23.0 Å². The molecule has 0 aromatic carbocycles. The van der Waals surface area contributed by atoms with Gasteiger partial charge in [-0.3, -0.25) is 4.79 Å². The Morgan fingerprint density at radius 3 is 2.50 bits per heavy atom. The van der Waals surface area contributed by atoms with Gasteiger partial charge in [0.05, 0.1) is 24.8 Å². The van der Waals surface area contributed by atoms with Gasteiger partial charge in [0, 0.05) is 6.20 Å². The molecule has 0 saturated carbocycles. The summed E-state index contributed by atoms with van der Waals surface area (Å²) in [5.41, 5.74) is 3.58. The maximum atomic E-state index is 13.0. The van der Waals surface area contributed by atoms with Gasteiger partial charge in [-0.2, -0.15) is 13.2 Å². The summed E-state index contributed by atoms with van der Waals surface area (Å²) < 4.78 is 64.2. The topological polar surface area (TPSA) is 98.7 Å². The van der Waals surface area contributed by atoms with Gasteiger partial charge < -0.3 is 11.1 Å². The molecular formula is C12H11F5N6O. The highest BCUT2D eigenvalue weighted by Crippen LogP contribution is 2.28. The van der Waals surface area contributed by atoms with E-state index in [1.54, 1.807) is 0 Å². The second-order valence-corrected chi connectivity index (χ2v) is 4.69. The number of nitrogens with two attached hydrogens (primary N) is 1. The third-order valence-corrected chi connectivity index (χ3v) is 2.84. The van der Waals surface area contributed by atoms with Crippen molar-refractivity contribution >= 4 is 5.91 Å². The predicted molar refractivity (Wildman–Crippen MR) is 70.5 cm³/mol. The Bertz CT molecular complexity index is 711. The summed E-state index contributed by atoms with van der Waals surface area (Å²) in [6, 6.07) is 1.81. The molecular weight excluding hydrogens is 339 g/mol. The average Bonchev–Trinajstić information content (AvgIpc) is 3.02. The molecule has 2 aromatic rings. The highest BCUT2D eigenvalue weighted by molar-refractivity contribution is 5.91. The van der Waals surface area contributed by atoms with Gasteiger partial charge in [-0.05, 0) is 12.1 Å². The number of nitrogens with one attached hydrogen (secondary N) is 1. The molecule has 0 unspecified atom stereocenters. The minimum Gasteiger partial charge on any atom is -0.344 e. The SMILES string of the molecule is NCC(F)(F)CNC(=O)c1cn(-c2ccc(C(F)(F)F)cn2)nn1. The average molecular weight is 350 g/mol. The van der Waals surface area contributed by atoms with Crippen LogP contribution in [0.15, 0.2) is 24.5 Å². The fraction of sp³-hybridized carbons (Fsp3) is 0.333. The fourth-order valence-electron chi connectivity index (χ4n) is 1.54. The van der Waals surface area contributed by atoms with Crippen molar-refractivity contribution in [2.75, 3.05) is 13.1 Å². The summed E-state index contributed by atoms with van der Waals surface area (Å²) in [5, 5.41) is 8.90. The molecule has 130 valence electrons. The maximum absolute atomic E-state index is 13.0. The molecule has 0 radical (unpaired) electrons. The third-order valence-electron chi connectivity index (χ3n) is 2.84. The molecule has 7 nitrogen and oxygen atoms in total. The summed E-state index contributed by atoms with van der Waals surface area (Å²) in [7, 11) is 0. The van der Waals surface area contributed by atoms with Gasteiger partial charge in [0.1, 0.15) is 0 Å². The predicted octanol–water partition coefficient (Wildman–Crippen LogP) is 1.00. The van der Waals surface area contributed by atoms with Gasteiger partial charge >= 0.3 is 6.18 Å². The van der Waals surface area contributed by atoms with Crippen LogP contribution < -0.4 is 11.1 Å². The zero-order valence-corrected chi connectivity index (χ0v) is 11.9. The molecule has 2 heterocycles. The minimum absolute atomic E-state index is 0.0261. The lowest BCUT2D eigenvalue weighted by atomic mass is 10.3. The van der Waals surface area contributed by atoms with E-state index in [1.807, 2.05) is 5.32 Å². The van der Waals surface area contributed by atoms with Crippen LogP contribution >= 0.6 is 0 Å². The molecule has 0 atom stereocenters. The first-order valence-corrected chi connectivity index (χ1v) is 6.44. The highest BCUT2D eigenvalue weighted by Gasteiger charge is 2.31. The Kier molecular flexibility index (Phi) is 4.78. The van der Waals surface area contributed by atoms with Crippen LogP contribution in [0.5, 0.6) is 0 Å². The molecule has 0 fully saturated rings. The number of aromatic nitrogens is 4. The van der Waals surface area contributed by atoms with Crippen LogP contribution in [0.4, 0.5) is 22.0 Å². The normalized spacial score (nSPS) is 12.2. The van der Waals surface area contributed by atoms with Crippen LogP contribution in [-0.2, 0) is 6.18 Å². The molecule has 0 spiro atoms. The Balaban J connectivity index is 2.09. The standard InChI is InChI=1S/C12H11F5N6O/c13-11(14,5-18)6-20-10(24)8-4-23(22-21-8)9-2-1-7(3-19-9)12(15,16)17/h1-4H,5-6,18H2,(H,20,24). The number of hydrogen-bond acceptors (Lipinski definition) is 5. The van der Waals surface area contributed by atoms with Gasteiger partial charge in [-0.15, -0.1) is 5.10 Å². The van der Waals surface area contributed by atoms with E-state index in [1.165, 1.54) is 0 Å². The molecule has 2 rings (SSSR count). The van der Waals surface area contributed by atoms with Crippen LogP contribution in [0.2, 0.25) is 0 Å². The fourth-order valence-corrected chi connectivity index (χ4v) is 1.54. The summed E-state index contributed by atoms with van der Waals surface area (Å²) in [6.45, 7) is -1.91. The van der Waals surface area contributed by atoms with Crippen molar-refractivity contribution < 1.29 is 26.7 Å². The molecule has 0 saturated heterocycles. The van der Waals surface area contributed by atoms with Gasteiger partial charge in [-0.1, -0.05) is 5.21 Å². The summed E-state index contributed by atoms with van der Waals surface area (Å²) in [5.74, 6) is -4.22.